The molecule has 0 unspecified atom stereocenters. The van der Waals surface area contributed by atoms with E-state index < -0.39 is 34.8 Å². The molecule has 1 heterocycles. The van der Waals surface area contributed by atoms with E-state index in [0.29, 0.717) is 0 Å². The molecule has 7 heteroatoms. The highest BCUT2D eigenvalue weighted by atomic mass is 32.1. The molecule has 0 aliphatic rings. The van der Waals surface area contributed by atoms with E-state index in [-0.39, 0.29) is 6.54 Å². The maximum atomic E-state index is 13.4. The van der Waals surface area contributed by atoms with Crippen molar-refractivity contribution in [3.05, 3.63) is 51.0 Å². The molecule has 0 saturated carbocycles. The van der Waals surface area contributed by atoms with Crippen LogP contribution in [0.15, 0.2) is 10.8 Å². The summed E-state index contributed by atoms with van der Waals surface area (Å²) in [6.07, 6.45) is 0. The summed E-state index contributed by atoms with van der Waals surface area (Å²) in [6, 6.07) is 0. The summed E-state index contributed by atoms with van der Waals surface area (Å²) >= 11 is 1.38. The highest BCUT2D eigenvalue weighted by Crippen LogP contribution is 2.28. The number of halogens is 5. The second-order valence-corrected chi connectivity index (χ2v) is 4.62. The van der Waals surface area contributed by atoms with Crippen LogP contribution in [0.25, 0.3) is 0 Å². The summed E-state index contributed by atoms with van der Waals surface area (Å²) in [7, 11) is 0. The number of anilines is 1. The van der Waals surface area contributed by atoms with Crippen molar-refractivity contribution in [3.63, 3.8) is 0 Å². The predicted octanol–water partition coefficient (Wildman–Crippen LogP) is 4.36. The Hall–Kier alpha value is -1.63. The number of nitrogens with one attached hydrogen (secondary N) is 1. The van der Waals surface area contributed by atoms with Crippen molar-refractivity contribution >= 4 is 17.0 Å². The molecule has 0 atom stereocenters. The minimum absolute atomic E-state index is 0.0202. The largest absolute Gasteiger partial charge is 0.376 e. The Morgan fingerprint density at radius 1 is 0.895 bits per heavy atom. The molecule has 0 aliphatic carbocycles. The van der Waals surface area contributed by atoms with Gasteiger partial charge in [0.05, 0.1) is 0 Å². The first kappa shape index (κ1) is 13.8. The van der Waals surface area contributed by atoms with Crippen molar-refractivity contribution in [3.8, 4) is 0 Å². The van der Waals surface area contributed by atoms with Gasteiger partial charge in [0.25, 0.3) is 0 Å². The van der Waals surface area contributed by atoms with Crippen LogP contribution in [-0.4, -0.2) is 0 Å². The maximum Gasteiger partial charge on any atom is 0.200 e. The first-order valence-electron chi connectivity index (χ1n) is 5.20. The van der Waals surface area contributed by atoms with Gasteiger partial charge in [0.15, 0.2) is 23.3 Å². The van der Waals surface area contributed by atoms with E-state index in [1.165, 1.54) is 11.3 Å². The third-order valence-corrected chi connectivity index (χ3v) is 3.54. The van der Waals surface area contributed by atoms with Crippen molar-refractivity contribution in [2.75, 3.05) is 5.32 Å². The van der Waals surface area contributed by atoms with E-state index in [1.807, 2.05) is 5.38 Å². The van der Waals surface area contributed by atoms with Gasteiger partial charge in [-0.2, -0.15) is 11.3 Å². The van der Waals surface area contributed by atoms with Gasteiger partial charge in [0.1, 0.15) is 5.69 Å². The molecule has 0 aliphatic heterocycles. The van der Waals surface area contributed by atoms with Gasteiger partial charge in [0, 0.05) is 6.54 Å². The lowest BCUT2D eigenvalue weighted by Gasteiger charge is -2.10. The fourth-order valence-electron chi connectivity index (χ4n) is 1.51. The van der Waals surface area contributed by atoms with Crippen LogP contribution >= 0.6 is 11.3 Å². The molecule has 102 valence electrons. The molecule has 0 amide bonds. The van der Waals surface area contributed by atoms with Gasteiger partial charge in [0.2, 0.25) is 5.82 Å². The second kappa shape index (κ2) is 5.16. The second-order valence-electron chi connectivity index (χ2n) is 3.88. The SMILES string of the molecule is Cc1cscc1CNc1c(F)c(F)c(F)c(F)c1F. The Morgan fingerprint density at radius 3 is 1.89 bits per heavy atom. The summed E-state index contributed by atoms with van der Waals surface area (Å²) < 4.78 is 65.4. The molecular formula is C12H8F5NS. The molecule has 1 nitrogen and oxygen atoms in total. The molecular weight excluding hydrogens is 285 g/mol. The number of hydrogen-bond acceptors (Lipinski definition) is 2. The normalized spacial score (nSPS) is 10.8. The van der Waals surface area contributed by atoms with E-state index in [9.17, 15) is 22.0 Å². The molecule has 2 aromatic rings. The Morgan fingerprint density at radius 2 is 1.42 bits per heavy atom. The monoisotopic (exact) mass is 293 g/mol. The first-order valence-corrected chi connectivity index (χ1v) is 6.14. The number of rotatable bonds is 3. The van der Waals surface area contributed by atoms with Crippen LogP contribution in [0.4, 0.5) is 27.6 Å². The zero-order valence-electron chi connectivity index (χ0n) is 9.66. The number of thiophene rings is 1. The van der Waals surface area contributed by atoms with Crippen LogP contribution in [0.2, 0.25) is 0 Å². The first-order chi connectivity index (χ1) is 8.93. The topological polar surface area (TPSA) is 12.0 Å². The summed E-state index contributed by atoms with van der Waals surface area (Å²) in [4.78, 5) is 0. The summed E-state index contributed by atoms with van der Waals surface area (Å²) in [6.45, 7) is 1.76. The molecule has 0 saturated heterocycles. The Bertz CT molecular complexity index is 594. The van der Waals surface area contributed by atoms with Crippen LogP contribution in [0.1, 0.15) is 11.1 Å². The molecule has 1 aromatic heterocycles. The standard InChI is InChI=1S/C12H8F5NS/c1-5-3-19-4-6(5)2-18-12-10(16)8(14)7(13)9(15)11(12)17/h3-4,18H,2H2,1H3. The summed E-state index contributed by atoms with van der Waals surface area (Å²) in [5, 5.41) is 5.79. The molecule has 1 aromatic carbocycles. The minimum Gasteiger partial charge on any atom is -0.376 e. The van der Waals surface area contributed by atoms with Crippen molar-refractivity contribution in [2.45, 2.75) is 13.5 Å². The maximum absolute atomic E-state index is 13.4. The van der Waals surface area contributed by atoms with Gasteiger partial charge < -0.3 is 5.32 Å². The van der Waals surface area contributed by atoms with Gasteiger partial charge in [-0.1, -0.05) is 0 Å². The van der Waals surface area contributed by atoms with E-state index in [2.05, 4.69) is 5.32 Å². The zero-order valence-corrected chi connectivity index (χ0v) is 10.5. The van der Waals surface area contributed by atoms with E-state index in [4.69, 9.17) is 0 Å². The average Bonchev–Trinajstić information content (AvgIpc) is 2.80. The highest BCUT2D eigenvalue weighted by molar-refractivity contribution is 7.08. The van der Waals surface area contributed by atoms with Crippen LogP contribution in [0, 0.1) is 36.0 Å². The molecule has 0 bridgehead atoms. The van der Waals surface area contributed by atoms with Gasteiger partial charge >= 0.3 is 0 Å². The third kappa shape index (κ3) is 2.42. The molecule has 19 heavy (non-hydrogen) atoms. The van der Waals surface area contributed by atoms with E-state index >= 15 is 0 Å². The Labute approximate surface area is 109 Å². The molecule has 0 radical (unpaired) electrons. The van der Waals surface area contributed by atoms with Gasteiger partial charge in [-0.3, -0.25) is 0 Å². The van der Waals surface area contributed by atoms with Crippen LogP contribution in [0.5, 0.6) is 0 Å². The highest BCUT2D eigenvalue weighted by Gasteiger charge is 2.25. The summed E-state index contributed by atoms with van der Waals surface area (Å²) in [5.41, 5.74) is 0.595. The lowest BCUT2D eigenvalue weighted by Crippen LogP contribution is -2.09. The van der Waals surface area contributed by atoms with Crippen LogP contribution in [0.3, 0.4) is 0 Å². The quantitative estimate of drug-likeness (QED) is 0.503. The fourth-order valence-corrected chi connectivity index (χ4v) is 2.37. The lowest BCUT2D eigenvalue weighted by molar-refractivity contribution is 0.381. The van der Waals surface area contributed by atoms with Gasteiger partial charge in [-0.05, 0) is 28.8 Å². The van der Waals surface area contributed by atoms with Crippen molar-refractivity contribution in [1.82, 2.24) is 0 Å². The van der Waals surface area contributed by atoms with E-state index in [0.717, 1.165) is 11.1 Å². The lowest BCUT2D eigenvalue weighted by atomic mass is 10.2. The minimum atomic E-state index is -2.16. The number of benzene rings is 1. The van der Waals surface area contributed by atoms with E-state index in [1.54, 1.807) is 12.3 Å². The molecule has 0 fully saturated rings. The fraction of sp³-hybridized carbons (Fsp3) is 0.167. The smallest absolute Gasteiger partial charge is 0.200 e. The zero-order chi connectivity index (χ0) is 14.2. The van der Waals surface area contributed by atoms with Crippen LogP contribution < -0.4 is 5.32 Å². The van der Waals surface area contributed by atoms with Crippen molar-refractivity contribution in [2.24, 2.45) is 0 Å². The molecule has 2 rings (SSSR count). The Balaban J connectivity index is 2.33. The Kier molecular flexibility index (Phi) is 3.75. The number of aryl methyl sites for hydroxylation is 1. The van der Waals surface area contributed by atoms with Gasteiger partial charge in [-0.25, -0.2) is 22.0 Å². The van der Waals surface area contributed by atoms with Crippen molar-refractivity contribution < 1.29 is 22.0 Å². The van der Waals surface area contributed by atoms with Crippen LogP contribution in [-0.2, 0) is 6.54 Å². The predicted molar refractivity (Wildman–Crippen MR) is 62.6 cm³/mol. The average molecular weight is 293 g/mol. The number of hydrogen-bond donors (Lipinski definition) is 1. The molecule has 1 N–H and O–H groups in total. The molecule has 0 spiro atoms. The summed E-state index contributed by atoms with van der Waals surface area (Å²) in [5.74, 6) is -9.78. The van der Waals surface area contributed by atoms with Crippen molar-refractivity contribution in [1.29, 1.82) is 0 Å². The van der Waals surface area contributed by atoms with Gasteiger partial charge in [-0.15, -0.1) is 0 Å². The third-order valence-electron chi connectivity index (χ3n) is 2.63.